The summed E-state index contributed by atoms with van der Waals surface area (Å²) in [5.74, 6) is 2.47. The van der Waals surface area contributed by atoms with E-state index >= 15 is 0 Å². The molecule has 1 aliphatic rings. The zero-order valence-corrected chi connectivity index (χ0v) is 14.3. The predicted octanol–water partition coefficient (Wildman–Crippen LogP) is 5.23. The third-order valence-corrected chi connectivity index (χ3v) is 3.62. The number of benzene rings is 1. The Labute approximate surface area is 134 Å². The molecule has 0 saturated carbocycles. The van der Waals surface area contributed by atoms with Crippen LogP contribution in [0.4, 0.5) is 0 Å². The van der Waals surface area contributed by atoms with Gasteiger partial charge >= 0.3 is 0 Å². The van der Waals surface area contributed by atoms with E-state index in [0.29, 0.717) is 6.61 Å². The normalized spacial score (nSPS) is 15.1. The minimum atomic E-state index is -0.279. The Morgan fingerprint density at radius 2 is 1.55 bits per heavy atom. The molecule has 0 fully saturated rings. The van der Waals surface area contributed by atoms with Gasteiger partial charge in [-0.3, -0.25) is 0 Å². The van der Waals surface area contributed by atoms with Crippen LogP contribution in [0.3, 0.4) is 0 Å². The molecule has 0 atom stereocenters. The minimum Gasteiger partial charge on any atom is -0.490 e. The van der Waals surface area contributed by atoms with Gasteiger partial charge in [0.15, 0.2) is 11.5 Å². The van der Waals surface area contributed by atoms with Crippen molar-refractivity contribution < 1.29 is 14.2 Å². The SMILES string of the molecule is CCCCOc1cc2c(cc1OCCCC)OC(C)(C)C=C2. The predicted molar refractivity (Wildman–Crippen MR) is 91.0 cm³/mol. The summed E-state index contributed by atoms with van der Waals surface area (Å²) in [7, 11) is 0. The lowest BCUT2D eigenvalue weighted by Gasteiger charge is -2.28. The van der Waals surface area contributed by atoms with Crippen molar-refractivity contribution in [3.8, 4) is 17.2 Å². The molecule has 3 heteroatoms. The number of hydrogen-bond donors (Lipinski definition) is 0. The van der Waals surface area contributed by atoms with Gasteiger partial charge in [-0.15, -0.1) is 0 Å². The van der Waals surface area contributed by atoms with Crippen LogP contribution in [0.5, 0.6) is 17.2 Å². The van der Waals surface area contributed by atoms with Crippen LogP contribution in [0.1, 0.15) is 58.9 Å². The molecule has 1 aliphatic heterocycles. The number of hydrogen-bond acceptors (Lipinski definition) is 3. The summed E-state index contributed by atoms with van der Waals surface area (Å²) in [4.78, 5) is 0. The lowest BCUT2D eigenvalue weighted by Crippen LogP contribution is -2.27. The molecule has 0 aromatic heterocycles. The Hall–Kier alpha value is -1.64. The standard InChI is InChI=1S/C19H28O3/c1-5-7-11-20-17-13-15-9-10-19(3,4)22-16(15)14-18(17)21-12-8-6-2/h9-10,13-14H,5-8,11-12H2,1-4H3. The Bertz CT molecular complexity index is 518. The molecular formula is C19H28O3. The molecule has 0 radical (unpaired) electrons. The third kappa shape index (κ3) is 4.43. The lowest BCUT2D eigenvalue weighted by molar-refractivity contribution is 0.157. The maximum atomic E-state index is 6.02. The average Bonchev–Trinajstić information content (AvgIpc) is 2.47. The summed E-state index contributed by atoms with van der Waals surface area (Å²) in [6.07, 6.45) is 8.49. The number of unbranched alkanes of at least 4 members (excludes halogenated alkanes) is 2. The van der Waals surface area contributed by atoms with Crippen LogP contribution in [0.2, 0.25) is 0 Å². The highest BCUT2D eigenvalue weighted by Gasteiger charge is 2.23. The van der Waals surface area contributed by atoms with E-state index in [1.807, 2.05) is 12.1 Å². The third-order valence-electron chi connectivity index (χ3n) is 3.62. The topological polar surface area (TPSA) is 27.7 Å². The Morgan fingerprint density at radius 3 is 2.14 bits per heavy atom. The summed E-state index contributed by atoms with van der Waals surface area (Å²) in [5, 5.41) is 0. The maximum Gasteiger partial charge on any atom is 0.164 e. The van der Waals surface area contributed by atoms with E-state index in [1.54, 1.807) is 0 Å². The van der Waals surface area contributed by atoms with E-state index in [4.69, 9.17) is 14.2 Å². The fourth-order valence-electron chi connectivity index (χ4n) is 2.26. The van der Waals surface area contributed by atoms with Crippen LogP contribution < -0.4 is 14.2 Å². The van der Waals surface area contributed by atoms with E-state index in [1.165, 1.54) is 0 Å². The molecule has 0 spiro atoms. The zero-order chi connectivity index (χ0) is 16.0. The van der Waals surface area contributed by atoms with Crippen molar-refractivity contribution in [1.29, 1.82) is 0 Å². The van der Waals surface area contributed by atoms with E-state index in [2.05, 4.69) is 39.8 Å². The highest BCUT2D eigenvalue weighted by molar-refractivity contribution is 5.66. The molecule has 0 aliphatic carbocycles. The molecule has 122 valence electrons. The highest BCUT2D eigenvalue weighted by atomic mass is 16.5. The van der Waals surface area contributed by atoms with Crippen molar-refractivity contribution in [3.63, 3.8) is 0 Å². The molecule has 0 N–H and O–H groups in total. The van der Waals surface area contributed by atoms with Gasteiger partial charge in [-0.25, -0.2) is 0 Å². The Morgan fingerprint density at radius 1 is 0.955 bits per heavy atom. The van der Waals surface area contributed by atoms with Gasteiger partial charge in [0.1, 0.15) is 11.4 Å². The van der Waals surface area contributed by atoms with Gasteiger partial charge in [0, 0.05) is 11.6 Å². The van der Waals surface area contributed by atoms with E-state index in [0.717, 1.165) is 55.1 Å². The van der Waals surface area contributed by atoms with Crippen molar-refractivity contribution in [3.05, 3.63) is 23.8 Å². The van der Waals surface area contributed by atoms with Crippen molar-refractivity contribution >= 4 is 6.08 Å². The van der Waals surface area contributed by atoms with Crippen LogP contribution in [0.25, 0.3) is 6.08 Å². The monoisotopic (exact) mass is 304 g/mol. The van der Waals surface area contributed by atoms with Gasteiger partial charge < -0.3 is 14.2 Å². The summed E-state index contributed by atoms with van der Waals surface area (Å²) >= 11 is 0. The summed E-state index contributed by atoms with van der Waals surface area (Å²) in [6, 6.07) is 4.00. The highest BCUT2D eigenvalue weighted by Crippen LogP contribution is 2.40. The first kappa shape index (κ1) is 16.7. The molecule has 1 heterocycles. The Balaban J connectivity index is 2.22. The van der Waals surface area contributed by atoms with Gasteiger partial charge in [-0.2, -0.15) is 0 Å². The van der Waals surface area contributed by atoms with Crippen LogP contribution in [0, 0.1) is 0 Å². The largest absolute Gasteiger partial charge is 0.490 e. The van der Waals surface area contributed by atoms with Crippen molar-refractivity contribution in [1.82, 2.24) is 0 Å². The molecule has 1 aromatic carbocycles. The maximum absolute atomic E-state index is 6.02. The van der Waals surface area contributed by atoms with E-state index < -0.39 is 0 Å². The van der Waals surface area contributed by atoms with Crippen LogP contribution in [0.15, 0.2) is 18.2 Å². The molecule has 3 nitrogen and oxygen atoms in total. The molecule has 0 amide bonds. The van der Waals surface area contributed by atoms with Crippen molar-refractivity contribution in [2.75, 3.05) is 13.2 Å². The van der Waals surface area contributed by atoms with E-state index in [-0.39, 0.29) is 5.60 Å². The molecule has 0 saturated heterocycles. The van der Waals surface area contributed by atoms with Gasteiger partial charge in [0.25, 0.3) is 0 Å². The second-order valence-corrected chi connectivity index (χ2v) is 6.28. The van der Waals surface area contributed by atoms with Crippen LogP contribution >= 0.6 is 0 Å². The van der Waals surface area contributed by atoms with Crippen LogP contribution in [-0.4, -0.2) is 18.8 Å². The molecule has 2 rings (SSSR count). The second kappa shape index (κ2) is 7.57. The fourth-order valence-corrected chi connectivity index (χ4v) is 2.26. The summed E-state index contributed by atoms with van der Waals surface area (Å²) in [5.41, 5.74) is 0.770. The van der Waals surface area contributed by atoms with Gasteiger partial charge in [0.05, 0.1) is 13.2 Å². The molecule has 0 bridgehead atoms. The second-order valence-electron chi connectivity index (χ2n) is 6.28. The summed E-state index contributed by atoms with van der Waals surface area (Å²) in [6.45, 7) is 9.85. The zero-order valence-electron chi connectivity index (χ0n) is 14.3. The van der Waals surface area contributed by atoms with Gasteiger partial charge in [0.2, 0.25) is 0 Å². The lowest BCUT2D eigenvalue weighted by atomic mass is 10.0. The summed E-state index contributed by atoms with van der Waals surface area (Å²) < 4.78 is 17.8. The first-order valence-corrected chi connectivity index (χ1v) is 8.37. The number of fused-ring (bicyclic) bond motifs is 1. The number of rotatable bonds is 8. The quantitative estimate of drug-likeness (QED) is 0.616. The van der Waals surface area contributed by atoms with Crippen molar-refractivity contribution in [2.45, 2.75) is 59.0 Å². The molecule has 22 heavy (non-hydrogen) atoms. The smallest absolute Gasteiger partial charge is 0.164 e. The van der Waals surface area contributed by atoms with Crippen molar-refractivity contribution in [2.24, 2.45) is 0 Å². The minimum absolute atomic E-state index is 0.279. The first-order valence-electron chi connectivity index (χ1n) is 8.37. The van der Waals surface area contributed by atoms with E-state index in [9.17, 15) is 0 Å². The molecule has 1 aromatic rings. The first-order chi connectivity index (χ1) is 10.6. The fraction of sp³-hybridized carbons (Fsp3) is 0.579. The Kier molecular flexibility index (Phi) is 5.76. The number of ether oxygens (including phenoxy) is 3. The molecular weight excluding hydrogens is 276 g/mol. The van der Waals surface area contributed by atoms with Crippen LogP contribution in [-0.2, 0) is 0 Å². The van der Waals surface area contributed by atoms with Gasteiger partial charge in [-0.05, 0) is 38.8 Å². The van der Waals surface area contributed by atoms with Gasteiger partial charge in [-0.1, -0.05) is 32.8 Å². The molecule has 0 unspecified atom stereocenters. The average molecular weight is 304 g/mol.